The Hall–Kier alpha value is -2.86. The van der Waals surface area contributed by atoms with Crippen molar-refractivity contribution in [1.82, 2.24) is 20.4 Å². The van der Waals surface area contributed by atoms with Crippen LogP contribution in [-0.4, -0.2) is 40.8 Å². The number of aromatic amines is 1. The van der Waals surface area contributed by atoms with Gasteiger partial charge in [-0.05, 0) is 57.1 Å². The van der Waals surface area contributed by atoms with E-state index in [0.29, 0.717) is 6.04 Å². The number of H-pyrrole nitrogens is 1. The maximum absolute atomic E-state index is 12.8. The fourth-order valence-corrected chi connectivity index (χ4v) is 4.11. The van der Waals surface area contributed by atoms with Crippen LogP contribution in [0.3, 0.4) is 0 Å². The maximum atomic E-state index is 12.8. The number of aromatic nitrogens is 2. The highest BCUT2D eigenvalue weighted by Crippen LogP contribution is 2.28. The van der Waals surface area contributed by atoms with Crippen molar-refractivity contribution in [2.75, 3.05) is 18.9 Å². The van der Waals surface area contributed by atoms with Crippen LogP contribution in [0.5, 0.6) is 0 Å². The molecule has 28 heavy (non-hydrogen) atoms. The minimum Gasteiger partial charge on any atom is -0.329 e. The Morgan fingerprint density at radius 1 is 1.21 bits per heavy atom. The van der Waals surface area contributed by atoms with Gasteiger partial charge in [-0.3, -0.25) is 5.10 Å². The van der Waals surface area contributed by atoms with Gasteiger partial charge in [-0.1, -0.05) is 36.8 Å². The van der Waals surface area contributed by atoms with Crippen molar-refractivity contribution in [3.8, 4) is 0 Å². The lowest BCUT2D eigenvalue weighted by Crippen LogP contribution is -2.47. The number of fused-ring (bicyclic) bond motifs is 1. The summed E-state index contributed by atoms with van der Waals surface area (Å²) in [6, 6.07) is 16.1. The lowest BCUT2D eigenvalue weighted by Gasteiger charge is -2.38. The maximum Gasteiger partial charge on any atom is 0.319 e. The second kappa shape index (κ2) is 8.02. The molecular formula is C22H27N5O. The number of urea groups is 1. The standard InChI is InChI=1S/C22H27N5O/c1-15-18-14-17(11-12-19(18)26-25-15)23-22(28)24-21(16-8-4-3-5-9-16)20-10-6-7-13-27(20)2/h3-5,8-9,11-12,14,20-21H,6-7,10,13H2,1-2H3,(H,25,26)(H2,23,24,28)/t20-,21?/m1/s1. The van der Waals surface area contributed by atoms with Crippen LogP contribution >= 0.6 is 0 Å². The molecule has 2 aromatic carbocycles. The molecule has 0 saturated carbocycles. The number of likely N-dealkylation sites (N-methyl/N-ethyl adjacent to an activating group) is 1. The van der Waals surface area contributed by atoms with E-state index >= 15 is 0 Å². The fraction of sp³-hybridized carbons (Fsp3) is 0.364. The molecule has 0 spiro atoms. The Labute approximate surface area is 165 Å². The van der Waals surface area contributed by atoms with Crippen LogP contribution in [0.15, 0.2) is 48.5 Å². The summed E-state index contributed by atoms with van der Waals surface area (Å²) in [4.78, 5) is 15.2. The monoisotopic (exact) mass is 377 g/mol. The smallest absolute Gasteiger partial charge is 0.319 e. The summed E-state index contributed by atoms with van der Waals surface area (Å²) >= 11 is 0. The third-order valence-electron chi connectivity index (χ3n) is 5.66. The molecule has 0 radical (unpaired) electrons. The van der Waals surface area contributed by atoms with Gasteiger partial charge in [0.2, 0.25) is 0 Å². The van der Waals surface area contributed by atoms with Gasteiger partial charge in [0.15, 0.2) is 0 Å². The van der Waals surface area contributed by atoms with Crippen LogP contribution in [0.1, 0.15) is 36.6 Å². The molecule has 3 N–H and O–H groups in total. The highest BCUT2D eigenvalue weighted by atomic mass is 16.2. The van der Waals surface area contributed by atoms with Crippen LogP contribution in [0.4, 0.5) is 10.5 Å². The van der Waals surface area contributed by atoms with E-state index in [4.69, 9.17) is 0 Å². The summed E-state index contributed by atoms with van der Waals surface area (Å²) in [6.07, 6.45) is 3.49. The molecule has 6 heteroatoms. The number of rotatable bonds is 4. The number of aryl methyl sites for hydroxylation is 1. The first-order valence-electron chi connectivity index (χ1n) is 9.89. The Kier molecular flexibility index (Phi) is 5.30. The zero-order valence-corrected chi connectivity index (χ0v) is 16.4. The highest BCUT2D eigenvalue weighted by molar-refractivity contribution is 5.93. The lowest BCUT2D eigenvalue weighted by molar-refractivity contribution is 0.147. The van der Waals surface area contributed by atoms with Crippen molar-refractivity contribution in [3.63, 3.8) is 0 Å². The van der Waals surface area contributed by atoms with E-state index in [9.17, 15) is 4.79 Å². The van der Waals surface area contributed by atoms with E-state index in [2.05, 4.69) is 44.9 Å². The van der Waals surface area contributed by atoms with Gasteiger partial charge in [-0.2, -0.15) is 5.10 Å². The van der Waals surface area contributed by atoms with Crippen LogP contribution in [-0.2, 0) is 0 Å². The number of benzene rings is 2. The van der Waals surface area contributed by atoms with E-state index in [1.54, 1.807) is 0 Å². The van der Waals surface area contributed by atoms with Crippen LogP contribution in [0.2, 0.25) is 0 Å². The average molecular weight is 377 g/mol. The Balaban J connectivity index is 1.53. The number of nitrogens with zero attached hydrogens (tertiary/aromatic N) is 2. The molecule has 2 atom stereocenters. The topological polar surface area (TPSA) is 73.0 Å². The molecule has 1 fully saturated rings. The Bertz CT molecular complexity index is 952. The number of nitrogens with one attached hydrogen (secondary N) is 3. The molecular weight excluding hydrogens is 350 g/mol. The SMILES string of the molecule is Cc1[nH]nc2ccc(NC(=O)NC(c3ccccc3)[C@H]3CCCCN3C)cc12. The van der Waals surface area contributed by atoms with Crippen molar-refractivity contribution in [3.05, 3.63) is 59.8 Å². The Morgan fingerprint density at radius 2 is 2.04 bits per heavy atom. The van der Waals surface area contributed by atoms with Gasteiger partial charge in [-0.15, -0.1) is 0 Å². The van der Waals surface area contributed by atoms with Crippen molar-refractivity contribution in [2.24, 2.45) is 0 Å². The predicted molar refractivity (Wildman–Crippen MR) is 112 cm³/mol. The molecule has 0 aliphatic carbocycles. The lowest BCUT2D eigenvalue weighted by atomic mass is 9.91. The molecule has 0 bridgehead atoms. The first-order chi connectivity index (χ1) is 13.6. The molecule has 1 aromatic heterocycles. The fourth-order valence-electron chi connectivity index (χ4n) is 4.11. The minimum atomic E-state index is -0.187. The van der Waals surface area contributed by atoms with Crippen LogP contribution in [0.25, 0.3) is 10.9 Å². The molecule has 3 aromatic rings. The molecule has 2 amide bonds. The van der Waals surface area contributed by atoms with Gasteiger partial charge >= 0.3 is 6.03 Å². The quantitative estimate of drug-likeness (QED) is 0.637. The minimum absolute atomic E-state index is 0.0501. The van der Waals surface area contributed by atoms with E-state index in [-0.39, 0.29) is 12.1 Å². The number of anilines is 1. The number of amides is 2. The van der Waals surface area contributed by atoms with Crippen LogP contribution in [0, 0.1) is 6.92 Å². The first-order valence-corrected chi connectivity index (χ1v) is 9.89. The average Bonchev–Trinajstić information content (AvgIpc) is 3.08. The molecule has 1 saturated heterocycles. The molecule has 6 nitrogen and oxygen atoms in total. The van der Waals surface area contributed by atoms with Gasteiger partial charge in [0.05, 0.1) is 11.6 Å². The second-order valence-electron chi connectivity index (χ2n) is 7.61. The Morgan fingerprint density at radius 3 is 2.82 bits per heavy atom. The largest absolute Gasteiger partial charge is 0.329 e. The van der Waals surface area contributed by atoms with Crippen molar-refractivity contribution >= 4 is 22.6 Å². The van der Waals surface area contributed by atoms with Gasteiger partial charge in [0.1, 0.15) is 0 Å². The zero-order valence-electron chi connectivity index (χ0n) is 16.4. The van der Waals surface area contributed by atoms with Gasteiger partial charge in [0, 0.05) is 22.8 Å². The summed E-state index contributed by atoms with van der Waals surface area (Å²) in [7, 11) is 2.15. The second-order valence-corrected chi connectivity index (χ2v) is 7.61. The third kappa shape index (κ3) is 3.87. The molecule has 1 unspecified atom stereocenters. The summed E-state index contributed by atoms with van der Waals surface area (Å²) in [5, 5.41) is 14.4. The predicted octanol–water partition coefficient (Wildman–Crippen LogP) is 4.22. The van der Waals surface area contributed by atoms with Gasteiger partial charge in [0.25, 0.3) is 0 Å². The van der Waals surface area contributed by atoms with Gasteiger partial charge in [-0.25, -0.2) is 4.79 Å². The van der Waals surface area contributed by atoms with E-state index in [1.807, 2.05) is 43.3 Å². The number of hydrogen-bond acceptors (Lipinski definition) is 3. The summed E-state index contributed by atoms with van der Waals surface area (Å²) < 4.78 is 0. The van der Waals surface area contributed by atoms with E-state index < -0.39 is 0 Å². The molecule has 1 aliphatic heterocycles. The normalized spacial score (nSPS) is 18.7. The van der Waals surface area contributed by atoms with Crippen molar-refractivity contribution in [1.29, 1.82) is 0 Å². The highest BCUT2D eigenvalue weighted by Gasteiger charge is 2.30. The summed E-state index contributed by atoms with van der Waals surface area (Å²) in [6.45, 7) is 3.04. The number of carbonyl (C=O) groups is 1. The summed E-state index contributed by atoms with van der Waals surface area (Å²) in [5.41, 5.74) is 3.79. The summed E-state index contributed by atoms with van der Waals surface area (Å²) in [5.74, 6) is 0. The number of piperidine rings is 1. The molecule has 146 valence electrons. The number of hydrogen-bond donors (Lipinski definition) is 3. The van der Waals surface area contributed by atoms with E-state index in [0.717, 1.165) is 40.8 Å². The van der Waals surface area contributed by atoms with Crippen molar-refractivity contribution in [2.45, 2.75) is 38.3 Å². The number of likely N-dealkylation sites (tertiary alicyclic amines) is 1. The van der Waals surface area contributed by atoms with E-state index in [1.165, 1.54) is 12.8 Å². The molecule has 4 rings (SSSR count). The molecule has 2 heterocycles. The third-order valence-corrected chi connectivity index (χ3v) is 5.66. The van der Waals surface area contributed by atoms with Crippen LogP contribution < -0.4 is 10.6 Å². The number of carbonyl (C=O) groups excluding carboxylic acids is 1. The first kappa shape index (κ1) is 18.5. The van der Waals surface area contributed by atoms with Crippen molar-refractivity contribution < 1.29 is 4.79 Å². The van der Waals surface area contributed by atoms with Gasteiger partial charge < -0.3 is 15.5 Å². The molecule has 1 aliphatic rings. The zero-order chi connectivity index (χ0) is 19.5.